The fourth-order valence-electron chi connectivity index (χ4n) is 6.29. The summed E-state index contributed by atoms with van der Waals surface area (Å²) in [5.41, 5.74) is 1.26. The number of hydrogen-bond donors (Lipinski definition) is 0. The topological polar surface area (TPSA) is 26.3 Å². The molecule has 33 heavy (non-hydrogen) atoms. The normalized spacial score (nSPS) is 25.9. The quantitative estimate of drug-likeness (QED) is 0.234. The van der Waals surface area contributed by atoms with Crippen molar-refractivity contribution in [2.75, 3.05) is 0 Å². The molecule has 184 valence electrons. The van der Waals surface area contributed by atoms with E-state index >= 15 is 0 Å². The van der Waals surface area contributed by atoms with E-state index in [1.807, 2.05) is 6.07 Å². The van der Waals surface area contributed by atoms with E-state index in [9.17, 15) is 4.79 Å². The average Bonchev–Trinajstić information content (AvgIpc) is 2.85. The predicted molar refractivity (Wildman–Crippen MR) is 139 cm³/mol. The van der Waals surface area contributed by atoms with Gasteiger partial charge in [-0.2, -0.15) is 0 Å². The first-order chi connectivity index (χ1) is 16.2. The molecule has 2 nitrogen and oxygen atoms in total. The molecule has 0 N–H and O–H groups in total. The van der Waals surface area contributed by atoms with Crippen molar-refractivity contribution >= 4 is 5.78 Å². The van der Waals surface area contributed by atoms with E-state index in [1.165, 1.54) is 82.6 Å². The van der Waals surface area contributed by atoms with Gasteiger partial charge in [-0.15, -0.1) is 0 Å². The van der Waals surface area contributed by atoms with Crippen molar-refractivity contribution in [3.8, 4) is 0 Å². The highest BCUT2D eigenvalue weighted by Gasteiger charge is 2.50. The first-order valence-electron chi connectivity index (χ1n) is 14.1. The van der Waals surface area contributed by atoms with Gasteiger partial charge in [-0.1, -0.05) is 109 Å². The third-order valence-electron chi connectivity index (χ3n) is 8.19. The lowest BCUT2D eigenvalue weighted by atomic mass is 9.64. The van der Waals surface area contributed by atoms with Crippen LogP contribution in [0.1, 0.15) is 122 Å². The van der Waals surface area contributed by atoms with Gasteiger partial charge in [0.25, 0.3) is 0 Å². The minimum Gasteiger partial charge on any atom is -0.360 e. The van der Waals surface area contributed by atoms with Crippen LogP contribution in [0.3, 0.4) is 0 Å². The summed E-state index contributed by atoms with van der Waals surface area (Å²) in [4.78, 5) is 13.6. The fourth-order valence-corrected chi connectivity index (χ4v) is 6.29. The molecule has 5 atom stereocenters. The van der Waals surface area contributed by atoms with Crippen LogP contribution >= 0.6 is 0 Å². The van der Waals surface area contributed by atoms with Crippen LogP contribution in [0.15, 0.2) is 30.3 Å². The number of ketones is 1. The van der Waals surface area contributed by atoms with Gasteiger partial charge in [-0.25, -0.2) is 0 Å². The van der Waals surface area contributed by atoms with Gasteiger partial charge in [0.15, 0.2) is 11.9 Å². The van der Waals surface area contributed by atoms with Crippen molar-refractivity contribution in [3.63, 3.8) is 0 Å². The average molecular weight is 453 g/mol. The number of benzene rings is 1. The molecule has 1 aliphatic carbocycles. The number of Topliss-reactive ketones (excluding diaryl/α,β-unsaturated/α-hetero) is 1. The summed E-state index contributed by atoms with van der Waals surface area (Å²) >= 11 is 0. The van der Waals surface area contributed by atoms with Crippen LogP contribution in [0.25, 0.3) is 0 Å². The van der Waals surface area contributed by atoms with Crippen LogP contribution in [0, 0.1) is 30.8 Å². The summed E-state index contributed by atoms with van der Waals surface area (Å²) in [6.45, 7) is 8.63. The van der Waals surface area contributed by atoms with Crippen LogP contribution in [0.2, 0.25) is 0 Å². The van der Waals surface area contributed by atoms with Gasteiger partial charge in [0, 0.05) is 12.3 Å². The summed E-state index contributed by atoms with van der Waals surface area (Å²) in [7, 11) is 0. The zero-order valence-electron chi connectivity index (χ0n) is 21.4. The second-order valence-corrected chi connectivity index (χ2v) is 10.7. The molecule has 2 radical (unpaired) electrons. The van der Waals surface area contributed by atoms with E-state index in [0.29, 0.717) is 24.2 Å². The van der Waals surface area contributed by atoms with Gasteiger partial charge in [-0.3, -0.25) is 4.79 Å². The van der Waals surface area contributed by atoms with Gasteiger partial charge in [0.1, 0.15) is 0 Å². The maximum absolute atomic E-state index is 13.6. The molecule has 4 rings (SSSR count). The van der Waals surface area contributed by atoms with Crippen molar-refractivity contribution in [3.05, 3.63) is 48.9 Å². The zero-order valence-corrected chi connectivity index (χ0v) is 21.4. The summed E-state index contributed by atoms with van der Waals surface area (Å²) in [6.07, 6.45) is 18.9. The standard InChI is InChI=1S/C31H48O2/c1-4-7-9-12-19-26-23-30-27(20-13-10-8-5-2)21-28(26)31(33-30)29(32)22-25(16-6-3)24-17-14-11-15-18-24/h11,14-15,17-18,25-28,30H,3-10,12-13,16,19-23H2,1-2H3. The van der Waals surface area contributed by atoms with Gasteiger partial charge in [-0.05, 0) is 55.4 Å². The minimum atomic E-state index is 0.251. The third-order valence-corrected chi connectivity index (χ3v) is 8.19. The number of unbranched alkanes of at least 4 members (excludes halogenated alkanes) is 6. The molecule has 0 aromatic heterocycles. The molecule has 0 spiro atoms. The first kappa shape index (κ1) is 26.5. The highest BCUT2D eigenvalue weighted by Crippen LogP contribution is 2.52. The van der Waals surface area contributed by atoms with E-state index in [4.69, 9.17) is 4.74 Å². The second kappa shape index (κ2) is 14.3. The van der Waals surface area contributed by atoms with Crippen LogP contribution in [-0.4, -0.2) is 11.9 Å². The van der Waals surface area contributed by atoms with Gasteiger partial charge in [0.2, 0.25) is 0 Å². The second-order valence-electron chi connectivity index (χ2n) is 10.7. The van der Waals surface area contributed by atoms with Crippen LogP contribution in [0.5, 0.6) is 0 Å². The SMILES string of the molecule is [CH2]CCC(CC(=O)[C]1OC2CC(CCCCCC)C1CC2CCCCCC)c1ccccc1. The molecule has 2 heterocycles. The van der Waals surface area contributed by atoms with Crippen LogP contribution in [-0.2, 0) is 9.53 Å². The van der Waals surface area contributed by atoms with Crippen LogP contribution in [0.4, 0.5) is 0 Å². The number of carbonyl (C=O) groups excluding carboxylic acids is 1. The molecule has 5 unspecified atom stereocenters. The molecular formula is C31H48O2. The smallest absolute Gasteiger partial charge is 0.169 e. The van der Waals surface area contributed by atoms with E-state index < -0.39 is 0 Å². The number of ether oxygens (including phenoxy) is 1. The molecule has 1 aromatic rings. The first-order valence-corrected chi connectivity index (χ1v) is 14.1. The van der Waals surface area contributed by atoms with Gasteiger partial charge in [0.05, 0.1) is 6.10 Å². The molecule has 3 aliphatic rings. The molecular weight excluding hydrogens is 404 g/mol. The molecule has 1 saturated carbocycles. The van der Waals surface area contributed by atoms with Crippen molar-refractivity contribution in [2.45, 2.75) is 122 Å². The lowest BCUT2D eigenvalue weighted by Crippen LogP contribution is -2.49. The van der Waals surface area contributed by atoms with E-state index in [1.54, 1.807) is 0 Å². The van der Waals surface area contributed by atoms with E-state index in [-0.39, 0.29) is 17.8 Å². The molecule has 2 bridgehead atoms. The molecule has 2 heteroatoms. The van der Waals surface area contributed by atoms with Gasteiger partial charge >= 0.3 is 0 Å². The largest absolute Gasteiger partial charge is 0.360 e. The van der Waals surface area contributed by atoms with E-state index in [0.717, 1.165) is 18.9 Å². The maximum atomic E-state index is 13.6. The number of fused-ring (bicyclic) bond motifs is 3. The molecule has 1 aromatic carbocycles. The monoisotopic (exact) mass is 452 g/mol. The van der Waals surface area contributed by atoms with Gasteiger partial charge < -0.3 is 4.74 Å². The fraction of sp³-hybridized carbons (Fsp3) is 0.710. The number of carbonyl (C=O) groups is 1. The Morgan fingerprint density at radius 1 is 0.939 bits per heavy atom. The Morgan fingerprint density at radius 2 is 1.61 bits per heavy atom. The highest BCUT2D eigenvalue weighted by molar-refractivity contribution is 5.91. The van der Waals surface area contributed by atoms with Crippen molar-refractivity contribution < 1.29 is 9.53 Å². The highest BCUT2D eigenvalue weighted by atomic mass is 16.5. The Balaban J connectivity index is 1.64. The lowest BCUT2D eigenvalue weighted by Gasteiger charge is -2.50. The van der Waals surface area contributed by atoms with Crippen molar-refractivity contribution in [2.24, 2.45) is 17.8 Å². The van der Waals surface area contributed by atoms with E-state index in [2.05, 4.69) is 45.0 Å². The minimum absolute atomic E-state index is 0.251. The van der Waals surface area contributed by atoms with Crippen molar-refractivity contribution in [1.29, 1.82) is 0 Å². The molecule has 3 fully saturated rings. The Kier molecular flexibility index (Phi) is 11.5. The Morgan fingerprint density at radius 3 is 2.21 bits per heavy atom. The summed E-state index contributed by atoms with van der Waals surface area (Å²) in [6, 6.07) is 10.5. The summed E-state index contributed by atoms with van der Waals surface area (Å²) < 4.78 is 6.54. The Bertz CT molecular complexity index is 669. The van der Waals surface area contributed by atoms with Crippen molar-refractivity contribution in [1.82, 2.24) is 0 Å². The lowest BCUT2D eigenvalue weighted by molar-refractivity contribution is -0.153. The number of rotatable bonds is 16. The van der Waals surface area contributed by atoms with Crippen LogP contribution < -0.4 is 0 Å². The Hall–Kier alpha value is -1.15. The predicted octanol–water partition coefficient (Wildman–Crippen LogP) is 8.86. The zero-order chi connectivity index (χ0) is 23.5. The third kappa shape index (κ3) is 7.67. The maximum Gasteiger partial charge on any atom is 0.169 e. The molecule has 2 saturated heterocycles. The summed E-state index contributed by atoms with van der Waals surface area (Å²) in [5, 5.41) is 0. The molecule has 0 amide bonds. The number of hydrogen-bond acceptors (Lipinski definition) is 2. The Labute approximate surface area is 204 Å². The molecule has 2 aliphatic heterocycles. The summed E-state index contributed by atoms with van der Waals surface area (Å²) in [5.74, 6) is 2.18.